The summed E-state index contributed by atoms with van der Waals surface area (Å²) >= 11 is 1.90. The van der Waals surface area contributed by atoms with Crippen LogP contribution in [0.3, 0.4) is 0 Å². The van der Waals surface area contributed by atoms with Crippen LogP contribution in [0.1, 0.15) is 19.4 Å². The van der Waals surface area contributed by atoms with Gasteiger partial charge in [-0.3, -0.25) is 0 Å². The summed E-state index contributed by atoms with van der Waals surface area (Å²) in [6.07, 6.45) is 4.37. The molecule has 4 aromatic carbocycles. The van der Waals surface area contributed by atoms with Crippen molar-refractivity contribution in [3.05, 3.63) is 96.8 Å². The fourth-order valence-electron chi connectivity index (χ4n) is 5.60. The van der Waals surface area contributed by atoms with Gasteiger partial charge in [-0.05, 0) is 56.7 Å². The molecule has 0 amide bonds. The topological polar surface area (TPSA) is 11.4 Å². The SMILES string of the molecule is Cc1cc2c(cc1N1C=CN(C)C1(C)C)c1ccc3c4ccccc4sc3c1n2-c1ccccc1. The van der Waals surface area contributed by atoms with Crippen molar-refractivity contribution in [3.8, 4) is 5.69 Å². The minimum absolute atomic E-state index is 0.116. The Morgan fingerprint density at radius 3 is 2.26 bits per heavy atom. The molecule has 0 saturated heterocycles. The van der Waals surface area contributed by atoms with Crippen molar-refractivity contribution in [2.45, 2.75) is 26.4 Å². The van der Waals surface area contributed by atoms with Crippen LogP contribution in [-0.4, -0.2) is 22.2 Å². The summed E-state index contributed by atoms with van der Waals surface area (Å²) in [5.41, 5.74) is 6.17. The van der Waals surface area contributed by atoms with Gasteiger partial charge < -0.3 is 14.4 Å². The highest BCUT2D eigenvalue weighted by Crippen LogP contribution is 2.45. The molecule has 172 valence electrons. The molecule has 0 bridgehead atoms. The number of thiophene rings is 1. The summed E-state index contributed by atoms with van der Waals surface area (Å²) in [5.74, 6) is 0. The second-order valence-corrected chi connectivity index (χ2v) is 11.1. The third-order valence-electron chi connectivity index (χ3n) is 7.76. The first-order chi connectivity index (χ1) is 16.9. The van der Waals surface area contributed by atoms with E-state index in [0.717, 1.165) is 0 Å². The summed E-state index contributed by atoms with van der Waals surface area (Å²) in [5, 5.41) is 5.27. The number of nitrogens with zero attached hydrogens (tertiary/aromatic N) is 3. The Kier molecular flexibility index (Phi) is 4.19. The van der Waals surface area contributed by atoms with Gasteiger partial charge in [0.15, 0.2) is 0 Å². The number of para-hydroxylation sites is 1. The molecule has 0 N–H and O–H groups in total. The maximum Gasteiger partial charge on any atom is 0.110 e. The lowest BCUT2D eigenvalue weighted by atomic mass is 10.0. The van der Waals surface area contributed by atoms with E-state index in [1.807, 2.05) is 11.3 Å². The number of aryl methyl sites for hydroxylation is 1. The zero-order chi connectivity index (χ0) is 23.9. The average molecular weight is 474 g/mol. The minimum atomic E-state index is -0.116. The monoisotopic (exact) mass is 473 g/mol. The third-order valence-corrected chi connectivity index (χ3v) is 8.95. The molecule has 3 heterocycles. The number of hydrogen-bond donors (Lipinski definition) is 0. The zero-order valence-corrected chi connectivity index (χ0v) is 21.2. The molecule has 0 radical (unpaired) electrons. The van der Waals surface area contributed by atoms with Crippen molar-refractivity contribution in [3.63, 3.8) is 0 Å². The molecule has 1 aliphatic rings. The van der Waals surface area contributed by atoms with E-state index in [1.165, 1.54) is 58.9 Å². The highest BCUT2D eigenvalue weighted by molar-refractivity contribution is 7.26. The first-order valence-electron chi connectivity index (χ1n) is 12.1. The van der Waals surface area contributed by atoms with Crippen molar-refractivity contribution < 1.29 is 0 Å². The molecule has 0 aliphatic carbocycles. The van der Waals surface area contributed by atoms with E-state index in [1.54, 1.807) is 0 Å². The van der Waals surface area contributed by atoms with Gasteiger partial charge in [0.1, 0.15) is 5.66 Å². The molecule has 6 aromatic rings. The van der Waals surface area contributed by atoms with Crippen LogP contribution in [0.4, 0.5) is 5.69 Å². The molecular formula is C31H27N3S. The van der Waals surface area contributed by atoms with Gasteiger partial charge >= 0.3 is 0 Å². The molecule has 0 fully saturated rings. The second-order valence-electron chi connectivity index (χ2n) is 10.0. The fraction of sp³-hybridized carbons (Fsp3) is 0.161. The molecule has 0 unspecified atom stereocenters. The number of aromatic nitrogens is 1. The standard InChI is InChI=1S/C31H27N3S/c1-20-18-27-25(19-26(20)33-17-16-32(4)31(33,2)3)23-14-15-24-22-12-8-9-13-28(22)35-30(24)29(23)34(27)21-10-6-5-7-11-21/h5-19H,1-4H3. The Morgan fingerprint density at radius 1 is 0.743 bits per heavy atom. The molecule has 0 atom stereocenters. The van der Waals surface area contributed by atoms with Gasteiger partial charge in [0, 0.05) is 57.1 Å². The molecule has 1 aliphatic heterocycles. The predicted octanol–water partition coefficient (Wildman–Crippen LogP) is 8.42. The van der Waals surface area contributed by atoms with Gasteiger partial charge in [0.2, 0.25) is 0 Å². The lowest BCUT2D eigenvalue weighted by Gasteiger charge is -2.39. The number of benzene rings is 4. The summed E-state index contributed by atoms with van der Waals surface area (Å²) in [6, 6.07) is 29.0. The maximum atomic E-state index is 2.47. The summed E-state index contributed by atoms with van der Waals surface area (Å²) in [7, 11) is 2.14. The van der Waals surface area contributed by atoms with Crippen molar-refractivity contribution in [1.29, 1.82) is 0 Å². The van der Waals surface area contributed by atoms with Crippen LogP contribution in [0.25, 0.3) is 47.7 Å². The molecule has 0 saturated carbocycles. The molecule has 7 rings (SSSR count). The predicted molar refractivity (Wildman–Crippen MR) is 152 cm³/mol. The van der Waals surface area contributed by atoms with E-state index in [4.69, 9.17) is 0 Å². The van der Waals surface area contributed by atoms with E-state index in [-0.39, 0.29) is 5.66 Å². The van der Waals surface area contributed by atoms with Crippen molar-refractivity contribution in [2.24, 2.45) is 0 Å². The number of rotatable bonds is 2. The Balaban J connectivity index is 1.63. The van der Waals surface area contributed by atoms with E-state index in [9.17, 15) is 0 Å². The number of hydrogen-bond acceptors (Lipinski definition) is 3. The van der Waals surface area contributed by atoms with Crippen molar-refractivity contribution >= 4 is 59.0 Å². The lowest BCUT2D eigenvalue weighted by Crippen LogP contribution is -2.46. The van der Waals surface area contributed by atoms with Gasteiger partial charge in [0.05, 0.1) is 15.7 Å². The van der Waals surface area contributed by atoms with Crippen LogP contribution in [0.2, 0.25) is 0 Å². The molecule has 3 nitrogen and oxygen atoms in total. The highest BCUT2D eigenvalue weighted by atomic mass is 32.1. The Bertz CT molecular complexity index is 1800. The first-order valence-corrected chi connectivity index (χ1v) is 12.9. The molecule has 0 spiro atoms. The first kappa shape index (κ1) is 20.6. The minimum Gasteiger partial charge on any atom is -0.357 e. The van der Waals surface area contributed by atoms with Crippen LogP contribution in [0.15, 0.2) is 91.3 Å². The summed E-state index contributed by atoms with van der Waals surface area (Å²) < 4.78 is 5.16. The van der Waals surface area contributed by atoms with Crippen LogP contribution in [-0.2, 0) is 0 Å². The summed E-state index contributed by atoms with van der Waals surface area (Å²) in [6.45, 7) is 6.77. The Labute approximate surface area is 209 Å². The van der Waals surface area contributed by atoms with E-state index in [0.29, 0.717) is 0 Å². The largest absolute Gasteiger partial charge is 0.357 e. The smallest absolute Gasteiger partial charge is 0.110 e. The van der Waals surface area contributed by atoms with Gasteiger partial charge in [-0.2, -0.15) is 0 Å². The number of fused-ring (bicyclic) bond motifs is 7. The highest BCUT2D eigenvalue weighted by Gasteiger charge is 2.34. The average Bonchev–Trinajstić information content (AvgIpc) is 3.48. The molecule has 2 aromatic heterocycles. The number of anilines is 1. The molecule has 35 heavy (non-hydrogen) atoms. The Hall–Kier alpha value is -3.76. The quantitative estimate of drug-likeness (QED) is 0.250. The van der Waals surface area contributed by atoms with Gasteiger partial charge in [-0.15, -0.1) is 11.3 Å². The fourth-order valence-corrected chi connectivity index (χ4v) is 6.84. The molecular weight excluding hydrogens is 446 g/mol. The van der Waals surface area contributed by atoms with Crippen LogP contribution >= 0.6 is 11.3 Å². The van der Waals surface area contributed by atoms with Crippen molar-refractivity contribution in [1.82, 2.24) is 9.47 Å². The van der Waals surface area contributed by atoms with Crippen LogP contribution < -0.4 is 4.90 Å². The van der Waals surface area contributed by atoms with E-state index < -0.39 is 0 Å². The van der Waals surface area contributed by atoms with Crippen LogP contribution in [0, 0.1) is 6.92 Å². The van der Waals surface area contributed by atoms with Gasteiger partial charge in [0.25, 0.3) is 0 Å². The third kappa shape index (κ3) is 2.77. The second kappa shape index (κ2) is 7.12. The van der Waals surface area contributed by atoms with Crippen molar-refractivity contribution in [2.75, 3.05) is 11.9 Å². The Morgan fingerprint density at radius 2 is 1.49 bits per heavy atom. The normalized spacial score (nSPS) is 15.4. The molecule has 4 heteroatoms. The lowest BCUT2D eigenvalue weighted by molar-refractivity contribution is 0.253. The summed E-state index contributed by atoms with van der Waals surface area (Å²) in [4.78, 5) is 4.66. The van der Waals surface area contributed by atoms with E-state index in [2.05, 4.69) is 133 Å². The van der Waals surface area contributed by atoms with Gasteiger partial charge in [-0.25, -0.2) is 0 Å². The zero-order valence-electron chi connectivity index (χ0n) is 20.4. The van der Waals surface area contributed by atoms with Gasteiger partial charge in [-0.1, -0.05) is 48.5 Å². The van der Waals surface area contributed by atoms with Crippen LogP contribution in [0.5, 0.6) is 0 Å². The van der Waals surface area contributed by atoms with E-state index >= 15 is 0 Å². The maximum absolute atomic E-state index is 2.47.